The molecular formula is C23H37IN4O3. The van der Waals surface area contributed by atoms with Gasteiger partial charge in [0.05, 0.1) is 25.4 Å². The van der Waals surface area contributed by atoms with Crippen molar-refractivity contribution in [3.05, 3.63) is 35.4 Å². The summed E-state index contributed by atoms with van der Waals surface area (Å²) in [6.45, 7) is 8.96. The molecule has 0 spiro atoms. The number of aliphatic hydroxyl groups excluding tert-OH is 1. The third kappa shape index (κ3) is 6.77. The van der Waals surface area contributed by atoms with Crippen molar-refractivity contribution in [2.24, 2.45) is 4.99 Å². The molecule has 0 bridgehead atoms. The maximum absolute atomic E-state index is 10.6. The zero-order valence-electron chi connectivity index (χ0n) is 18.5. The Morgan fingerprint density at radius 2 is 2.00 bits per heavy atom. The topological polar surface area (TPSA) is 69.6 Å². The lowest BCUT2D eigenvalue weighted by Gasteiger charge is -2.37. The second-order valence-corrected chi connectivity index (χ2v) is 8.51. The minimum Gasteiger partial charge on any atom is -0.390 e. The third-order valence-electron chi connectivity index (χ3n) is 6.24. The van der Waals surface area contributed by atoms with Gasteiger partial charge < -0.3 is 24.8 Å². The van der Waals surface area contributed by atoms with Gasteiger partial charge in [-0.3, -0.25) is 9.89 Å². The molecule has 2 N–H and O–H groups in total. The smallest absolute Gasteiger partial charge is 0.194 e. The summed E-state index contributed by atoms with van der Waals surface area (Å²) in [5.74, 6) is 0.867. The van der Waals surface area contributed by atoms with E-state index in [1.165, 1.54) is 11.1 Å². The van der Waals surface area contributed by atoms with Crippen molar-refractivity contribution in [1.82, 2.24) is 15.1 Å². The molecule has 3 heterocycles. The number of rotatable bonds is 6. The number of β-amino-alcohol motifs (C(OH)–C–C–N with tert-alkyl or cyclic N) is 1. The molecule has 3 aliphatic rings. The molecule has 0 aliphatic carbocycles. The second kappa shape index (κ2) is 12.3. The number of fused-ring (bicyclic) bond motifs is 1. The number of aliphatic hydroxyl groups is 1. The van der Waals surface area contributed by atoms with Crippen molar-refractivity contribution in [3.63, 3.8) is 0 Å². The number of benzene rings is 1. The Balaban J connectivity index is 0.00000272. The van der Waals surface area contributed by atoms with Gasteiger partial charge in [-0.15, -0.1) is 24.0 Å². The number of nitrogens with zero attached hydrogens (tertiary/aromatic N) is 3. The Labute approximate surface area is 203 Å². The van der Waals surface area contributed by atoms with E-state index in [9.17, 15) is 5.11 Å². The minimum absolute atomic E-state index is 0. The van der Waals surface area contributed by atoms with Gasteiger partial charge in [-0.1, -0.05) is 24.3 Å². The van der Waals surface area contributed by atoms with Gasteiger partial charge >= 0.3 is 0 Å². The van der Waals surface area contributed by atoms with Crippen LogP contribution < -0.4 is 5.32 Å². The fourth-order valence-electron chi connectivity index (χ4n) is 4.67. The van der Waals surface area contributed by atoms with E-state index in [2.05, 4.69) is 46.3 Å². The molecule has 0 saturated carbocycles. The zero-order valence-corrected chi connectivity index (χ0v) is 20.9. The molecule has 3 unspecified atom stereocenters. The Hall–Kier alpha value is -0.940. The summed E-state index contributed by atoms with van der Waals surface area (Å²) < 4.78 is 11.8. The minimum atomic E-state index is -0.473. The van der Waals surface area contributed by atoms with Crippen LogP contribution in [-0.2, 0) is 22.4 Å². The fourth-order valence-corrected chi connectivity index (χ4v) is 4.67. The van der Waals surface area contributed by atoms with Crippen molar-refractivity contribution >= 4 is 29.9 Å². The van der Waals surface area contributed by atoms with Gasteiger partial charge in [-0.25, -0.2) is 0 Å². The van der Waals surface area contributed by atoms with Gasteiger partial charge in [0.15, 0.2) is 5.96 Å². The normalized spacial score (nSPS) is 25.6. The lowest BCUT2D eigenvalue weighted by molar-refractivity contribution is -0.0817. The molecule has 174 valence electrons. The van der Waals surface area contributed by atoms with Crippen LogP contribution in [0, 0.1) is 0 Å². The standard InChI is InChI=1S/C23H36N4O3.HI/c1-2-24-23(27-11-13-30-22(17-27)21-8-5-12-29-21)25-14-20(28)16-26-10-9-18-6-3-4-7-19(18)15-26;/h3-4,6-7,20-22,28H,2,5,8-17H2,1H3,(H,24,25);1H. The molecule has 4 rings (SSSR count). The monoisotopic (exact) mass is 544 g/mol. The van der Waals surface area contributed by atoms with Crippen molar-refractivity contribution in [1.29, 1.82) is 0 Å². The fraction of sp³-hybridized carbons (Fsp3) is 0.696. The van der Waals surface area contributed by atoms with Gasteiger partial charge in [0.25, 0.3) is 0 Å². The van der Waals surface area contributed by atoms with E-state index in [4.69, 9.17) is 14.5 Å². The molecule has 8 heteroatoms. The highest BCUT2D eigenvalue weighted by atomic mass is 127. The molecule has 2 fully saturated rings. The number of hydrogen-bond donors (Lipinski definition) is 2. The molecular weight excluding hydrogens is 507 g/mol. The highest BCUT2D eigenvalue weighted by molar-refractivity contribution is 14.0. The average molecular weight is 544 g/mol. The Kier molecular flexibility index (Phi) is 9.83. The predicted molar refractivity (Wildman–Crippen MR) is 133 cm³/mol. The molecule has 3 atom stereocenters. The number of hydrogen-bond acceptors (Lipinski definition) is 5. The van der Waals surface area contributed by atoms with Crippen LogP contribution in [0.4, 0.5) is 0 Å². The zero-order chi connectivity index (χ0) is 20.8. The molecule has 0 radical (unpaired) electrons. The van der Waals surface area contributed by atoms with Crippen LogP contribution >= 0.6 is 24.0 Å². The highest BCUT2D eigenvalue weighted by Crippen LogP contribution is 2.21. The molecule has 0 amide bonds. The Bertz CT molecular complexity index is 714. The van der Waals surface area contributed by atoms with Crippen molar-refractivity contribution in [2.45, 2.75) is 51.0 Å². The first-order valence-corrected chi connectivity index (χ1v) is 11.5. The van der Waals surface area contributed by atoms with Crippen molar-refractivity contribution < 1.29 is 14.6 Å². The molecule has 0 aromatic heterocycles. The second-order valence-electron chi connectivity index (χ2n) is 8.51. The summed E-state index contributed by atoms with van der Waals surface area (Å²) in [4.78, 5) is 9.35. The summed E-state index contributed by atoms with van der Waals surface area (Å²) in [6, 6.07) is 8.60. The lowest BCUT2D eigenvalue weighted by atomic mass is 10.00. The van der Waals surface area contributed by atoms with Crippen molar-refractivity contribution in [3.8, 4) is 0 Å². The van der Waals surface area contributed by atoms with Crippen LogP contribution in [0.1, 0.15) is 30.9 Å². The van der Waals surface area contributed by atoms with E-state index in [1.807, 2.05) is 0 Å². The molecule has 7 nitrogen and oxygen atoms in total. The molecule has 31 heavy (non-hydrogen) atoms. The number of aliphatic imine (C=N–C) groups is 1. The summed E-state index contributed by atoms with van der Waals surface area (Å²) in [6.07, 6.45) is 3.06. The van der Waals surface area contributed by atoms with E-state index < -0.39 is 6.10 Å². The molecule has 1 aromatic rings. The maximum Gasteiger partial charge on any atom is 0.194 e. The van der Waals surface area contributed by atoms with E-state index in [-0.39, 0.29) is 36.2 Å². The van der Waals surface area contributed by atoms with Crippen LogP contribution in [-0.4, -0.2) is 91.7 Å². The first-order chi connectivity index (χ1) is 14.7. The lowest BCUT2D eigenvalue weighted by Crippen LogP contribution is -2.53. The quantitative estimate of drug-likeness (QED) is 0.324. The molecule has 1 aromatic carbocycles. The van der Waals surface area contributed by atoms with Gasteiger partial charge in [-0.05, 0) is 37.3 Å². The number of guanidine groups is 1. The van der Waals surface area contributed by atoms with Crippen molar-refractivity contribution in [2.75, 3.05) is 52.5 Å². The van der Waals surface area contributed by atoms with Gasteiger partial charge in [0.1, 0.15) is 6.10 Å². The number of halogens is 1. The van der Waals surface area contributed by atoms with Crippen LogP contribution in [0.3, 0.4) is 0 Å². The van der Waals surface area contributed by atoms with Crippen LogP contribution in [0.5, 0.6) is 0 Å². The van der Waals surface area contributed by atoms with E-state index in [0.717, 1.165) is 64.6 Å². The number of ether oxygens (including phenoxy) is 2. The van der Waals surface area contributed by atoms with E-state index >= 15 is 0 Å². The largest absolute Gasteiger partial charge is 0.390 e. The van der Waals surface area contributed by atoms with E-state index in [0.29, 0.717) is 19.7 Å². The summed E-state index contributed by atoms with van der Waals surface area (Å²) in [5.41, 5.74) is 2.81. The SMILES string of the molecule is CCNC(=NCC(O)CN1CCc2ccccc2C1)N1CCOC(C2CCCO2)C1.I. The average Bonchev–Trinajstić information content (AvgIpc) is 3.32. The van der Waals surface area contributed by atoms with Crippen LogP contribution in [0.25, 0.3) is 0 Å². The first kappa shape index (κ1) is 24.7. The number of nitrogens with one attached hydrogen (secondary N) is 1. The Morgan fingerprint density at radius 3 is 2.77 bits per heavy atom. The van der Waals surface area contributed by atoms with E-state index in [1.54, 1.807) is 0 Å². The van der Waals surface area contributed by atoms with Gasteiger partial charge in [-0.2, -0.15) is 0 Å². The Morgan fingerprint density at radius 1 is 1.19 bits per heavy atom. The number of morpholine rings is 1. The third-order valence-corrected chi connectivity index (χ3v) is 6.24. The first-order valence-electron chi connectivity index (χ1n) is 11.5. The maximum atomic E-state index is 10.6. The predicted octanol–water partition coefficient (Wildman–Crippen LogP) is 1.87. The highest BCUT2D eigenvalue weighted by Gasteiger charge is 2.32. The van der Waals surface area contributed by atoms with Crippen LogP contribution in [0.15, 0.2) is 29.3 Å². The molecule has 3 aliphatic heterocycles. The van der Waals surface area contributed by atoms with Gasteiger partial charge in [0.2, 0.25) is 0 Å². The van der Waals surface area contributed by atoms with Crippen LogP contribution in [0.2, 0.25) is 0 Å². The molecule has 2 saturated heterocycles. The summed E-state index contributed by atoms with van der Waals surface area (Å²) in [7, 11) is 0. The summed E-state index contributed by atoms with van der Waals surface area (Å²) >= 11 is 0. The summed E-state index contributed by atoms with van der Waals surface area (Å²) in [5, 5.41) is 14.0. The van der Waals surface area contributed by atoms with Gasteiger partial charge in [0, 0.05) is 45.9 Å².